The molecule has 2 aliphatic heterocycles. The van der Waals surface area contributed by atoms with Crippen LogP contribution >= 0.6 is 23.5 Å². The molecule has 6 heteroatoms. The van der Waals surface area contributed by atoms with E-state index in [4.69, 9.17) is 0 Å². The summed E-state index contributed by atoms with van der Waals surface area (Å²) in [5, 5.41) is 9.92. The highest BCUT2D eigenvalue weighted by Crippen LogP contribution is 2.32. The molecule has 0 bridgehead atoms. The molecule has 4 nitrogen and oxygen atoms in total. The fourth-order valence-electron chi connectivity index (χ4n) is 3.07. The monoisotopic (exact) mass is 337 g/mol. The molecule has 0 spiro atoms. The number of amides is 1. The average Bonchev–Trinajstić information content (AvgIpc) is 2.54. The van der Waals surface area contributed by atoms with Crippen LogP contribution in [0.5, 0.6) is 0 Å². The number of nitrogens with zero attached hydrogens (tertiary/aromatic N) is 1. The van der Waals surface area contributed by atoms with Crippen molar-refractivity contribution in [3.8, 4) is 0 Å². The van der Waals surface area contributed by atoms with Crippen LogP contribution < -0.4 is 0 Å². The first-order valence-electron chi connectivity index (χ1n) is 7.46. The van der Waals surface area contributed by atoms with E-state index in [0.717, 1.165) is 34.8 Å². The van der Waals surface area contributed by atoms with Crippen molar-refractivity contribution in [3.05, 3.63) is 35.4 Å². The van der Waals surface area contributed by atoms with Crippen LogP contribution in [-0.4, -0.2) is 50.9 Å². The summed E-state index contributed by atoms with van der Waals surface area (Å²) in [5.74, 6) is 2.24. The molecule has 1 N–H and O–H groups in total. The van der Waals surface area contributed by atoms with Gasteiger partial charge in [-0.05, 0) is 17.5 Å². The van der Waals surface area contributed by atoms with Gasteiger partial charge in [0.25, 0.3) is 0 Å². The zero-order valence-corrected chi connectivity index (χ0v) is 13.9. The van der Waals surface area contributed by atoms with Crippen molar-refractivity contribution in [1.82, 2.24) is 4.90 Å². The molecule has 3 rings (SSSR count). The first-order chi connectivity index (χ1) is 10.7. The van der Waals surface area contributed by atoms with Crippen molar-refractivity contribution in [3.63, 3.8) is 0 Å². The third-order valence-corrected chi connectivity index (χ3v) is 6.97. The number of thioether (sulfide) groups is 2. The topological polar surface area (TPSA) is 57.6 Å². The first-order valence-corrected chi connectivity index (χ1v) is 9.66. The van der Waals surface area contributed by atoms with Crippen LogP contribution in [0.1, 0.15) is 23.6 Å². The molecule has 2 heterocycles. The highest BCUT2D eigenvalue weighted by Gasteiger charge is 2.36. The van der Waals surface area contributed by atoms with Crippen LogP contribution in [0, 0.1) is 0 Å². The lowest BCUT2D eigenvalue weighted by Gasteiger charge is -2.35. The molecular formula is C16H19NO3S2. The number of hydrogen-bond donors (Lipinski definition) is 1. The van der Waals surface area contributed by atoms with E-state index in [-0.39, 0.29) is 5.91 Å². The standard InChI is InChI=1S/C16H19NO3S2/c18-14(9-12-10-21-7-8-22-12)17-6-5-11-3-1-2-4-13(11)15(17)16(19)20/h1-4,12,15H,5-10H2,(H,19,20). The van der Waals surface area contributed by atoms with Gasteiger partial charge >= 0.3 is 5.97 Å². The number of carbonyl (C=O) groups excluding carboxylic acids is 1. The third-order valence-electron chi connectivity index (χ3n) is 4.12. The lowest BCUT2D eigenvalue weighted by Crippen LogP contribution is -2.44. The third kappa shape index (κ3) is 3.27. The Morgan fingerprint density at radius 1 is 1.27 bits per heavy atom. The zero-order chi connectivity index (χ0) is 15.5. The molecule has 2 unspecified atom stereocenters. The Hall–Kier alpha value is -1.14. The number of rotatable bonds is 3. The largest absolute Gasteiger partial charge is 0.479 e. The SMILES string of the molecule is O=C(O)C1c2ccccc2CCN1C(=O)CC1CSCCS1. The van der Waals surface area contributed by atoms with E-state index in [2.05, 4.69) is 0 Å². The fraction of sp³-hybridized carbons (Fsp3) is 0.500. The van der Waals surface area contributed by atoms with Crippen LogP contribution in [0.2, 0.25) is 0 Å². The van der Waals surface area contributed by atoms with Gasteiger partial charge in [-0.2, -0.15) is 23.5 Å². The number of carbonyl (C=O) groups is 2. The molecule has 2 aliphatic rings. The summed E-state index contributed by atoms with van der Waals surface area (Å²) in [7, 11) is 0. The van der Waals surface area contributed by atoms with Crippen molar-refractivity contribution in [2.45, 2.75) is 24.1 Å². The van der Waals surface area contributed by atoms with E-state index in [9.17, 15) is 14.7 Å². The predicted molar refractivity (Wildman–Crippen MR) is 90.4 cm³/mol. The Balaban J connectivity index is 1.77. The molecular weight excluding hydrogens is 318 g/mol. The maximum atomic E-state index is 12.6. The maximum Gasteiger partial charge on any atom is 0.331 e. The number of benzene rings is 1. The van der Waals surface area contributed by atoms with Crippen LogP contribution in [0.4, 0.5) is 0 Å². The normalized spacial score (nSPS) is 24.6. The molecule has 0 radical (unpaired) electrons. The Kier molecular flexibility index (Phi) is 4.98. The van der Waals surface area contributed by atoms with Crippen LogP contribution in [0.15, 0.2) is 24.3 Å². The second-order valence-corrected chi connectivity index (χ2v) is 8.11. The van der Waals surface area contributed by atoms with Gasteiger partial charge < -0.3 is 10.0 Å². The summed E-state index contributed by atoms with van der Waals surface area (Å²) in [6.07, 6.45) is 1.18. The Morgan fingerprint density at radius 3 is 2.82 bits per heavy atom. The number of carboxylic acid groups (broad SMARTS) is 1. The summed E-state index contributed by atoms with van der Waals surface area (Å²) in [6, 6.07) is 6.72. The van der Waals surface area contributed by atoms with E-state index >= 15 is 0 Å². The molecule has 22 heavy (non-hydrogen) atoms. The zero-order valence-electron chi connectivity index (χ0n) is 12.2. The van der Waals surface area contributed by atoms with Gasteiger partial charge in [0, 0.05) is 35.5 Å². The van der Waals surface area contributed by atoms with E-state index < -0.39 is 12.0 Å². The summed E-state index contributed by atoms with van der Waals surface area (Å²) in [5.41, 5.74) is 1.81. The molecule has 118 valence electrons. The molecule has 1 aromatic rings. The van der Waals surface area contributed by atoms with Crippen LogP contribution in [0.3, 0.4) is 0 Å². The number of fused-ring (bicyclic) bond motifs is 1. The Labute approximate surface area is 138 Å². The van der Waals surface area contributed by atoms with Gasteiger partial charge in [0.2, 0.25) is 5.91 Å². The van der Waals surface area contributed by atoms with Crippen molar-refractivity contribution in [2.75, 3.05) is 23.8 Å². The fourth-order valence-corrected chi connectivity index (χ4v) is 5.74. The highest BCUT2D eigenvalue weighted by molar-refractivity contribution is 8.06. The van der Waals surface area contributed by atoms with E-state index in [1.54, 1.807) is 4.90 Å². The number of aliphatic carboxylic acids is 1. The smallest absolute Gasteiger partial charge is 0.331 e. The maximum absolute atomic E-state index is 12.6. The minimum absolute atomic E-state index is 0.0260. The van der Waals surface area contributed by atoms with Gasteiger partial charge in [-0.1, -0.05) is 24.3 Å². The second kappa shape index (κ2) is 6.96. The first kappa shape index (κ1) is 15.7. The van der Waals surface area contributed by atoms with Crippen molar-refractivity contribution >= 4 is 35.4 Å². The van der Waals surface area contributed by atoms with Crippen LogP contribution in [0.25, 0.3) is 0 Å². The van der Waals surface area contributed by atoms with E-state index in [1.807, 2.05) is 47.8 Å². The lowest BCUT2D eigenvalue weighted by molar-refractivity contribution is -0.151. The molecule has 1 fully saturated rings. The van der Waals surface area contributed by atoms with Crippen LogP contribution in [-0.2, 0) is 16.0 Å². The second-order valence-electron chi connectivity index (χ2n) is 5.55. The summed E-state index contributed by atoms with van der Waals surface area (Å²) in [6.45, 7) is 0.497. The van der Waals surface area contributed by atoms with Crippen molar-refractivity contribution in [2.24, 2.45) is 0 Å². The van der Waals surface area contributed by atoms with Gasteiger partial charge in [0.1, 0.15) is 0 Å². The predicted octanol–water partition coefficient (Wildman–Crippen LogP) is 2.44. The quantitative estimate of drug-likeness (QED) is 0.918. The van der Waals surface area contributed by atoms with Gasteiger partial charge in [0.05, 0.1) is 0 Å². The molecule has 1 amide bonds. The molecule has 0 saturated carbocycles. The summed E-state index contributed by atoms with van der Waals surface area (Å²) in [4.78, 5) is 25.9. The highest BCUT2D eigenvalue weighted by atomic mass is 32.2. The minimum atomic E-state index is -0.939. The minimum Gasteiger partial charge on any atom is -0.479 e. The molecule has 0 aliphatic carbocycles. The van der Waals surface area contributed by atoms with Crippen molar-refractivity contribution < 1.29 is 14.7 Å². The molecule has 1 saturated heterocycles. The Bertz CT molecular complexity index is 572. The van der Waals surface area contributed by atoms with Crippen molar-refractivity contribution in [1.29, 1.82) is 0 Å². The molecule has 1 aromatic carbocycles. The summed E-state index contributed by atoms with van der Waals surface area (Å²) >= 11 is 3.71. The average molecular weight is 337 g/mol. The number of carboxylic acids is 1. The van der Waals surface area contributed by atoms with E-state index in [1.165, 1.54) is 0 Å². The molecule has 0 aromatic heterocycles. The number of hydrogen-bond acceptors (Lipinski definition) is 4. The molecule has 2 atom stereocenters. The van der Waals surface area contributed by atoms with E-state index in [0.29, 0.717) is 18.2 Å². The van der Waals surface area contributed by atoms with Gasteiger partial charge in [-0.3, -0.25) is 4.79 Å². The van der Waals surface area contributed by atoms with Gasteiger partial charge in [0.15, 0.2) is 6.04 Å². The summed E-state index contributed by atoms with van der Waals surface area (Å²) < 4.78 is 0. The Morgan fingerprint density at radius 2 is 2.09 bits per heavy atom. The van der Waals surface area contributed by atoms with Gasteiger partial charge in [-0.15, -0.1) is 0 Å². The van der Waals surface area contributed by atoms with Gasteiger partial charge in [-0.25, -0.2) is 4.79 Å². The lowest BCUT2D eigenvalue weighted by atomic mass is 9.92.